The third-order valence-electron chi connectivity index (χ3n) is 6.13. The number of ether oxygens (including phenoxy) is 1. The number of methoxy groups -OCH3 is 1. The Kier molecular flexibility index (Phi) is 6.44. The minimum Gasteiger partial charge on any atom is -0.497 e. The molecule has 10 nitrogen and oxygen atoms in total. The first-order chi connectivity index (χ1) is 18.4. The van der Waals surface area contributed by atoms with E-state index in [9.17, 15) is 19.7 Å². The van der Waals surface area contributed by atoms with Gasteiger partial charge in [0.2, 0.25) is 0 Å². The van der Waals surface area contributed by atoms with E-state index < -0.39 is 22.4 Å². The molecule has 1 aromatic heterocycles. The van der Waals surface area contributed by atoms with Crippen LogP contribution in [0.2, 0.25) is 0 Å². The molecule has 5 rings (SSSR count). The number of aromatic nitrogens is 1. The molecule has 1 aliphatic heterocycles. The van der Waals surface area contributed by atoms with Crippen LogP contribution in [-0.2, 0) is 4.79 Å². The second kappa shape index (κ2) is 10.0. The van der Waals surface area contributed by atoms with Crippen molar-refractivity contribution >= 4 is 23.4 Å². The van der Waals surface area contributed by atoms with Gasteiger partial charge in [-0.15, -0.1) is 0 Å². The monoisotopic (exact) mass is 510 g/mol. The Morgan fingerprint density at radius 1 is 1.08 bits per heavy atom. The fourth-order valence-corrected chi connectivity index (χ4v) is 4.28. The van der Waals surface area contributed by atoms with E-state index in [1.165, 1.54) is 28.8 Å². The van der Waals surface area contributed by atoms with Crippen LogP contribution in [0.4, 0.5) is 11.4 Å². The molecule has 10 heteroatoms. The number of oxazole rings is 1. The van der Waals surface area contributed by atoms with Crippen LogP contribution in [-0.4, -0.2) is 22.5 Å². The maximum Gasteiger partial charge on any atom is 0.306 e. The van der Waals surface area contributed by atoms with E-state index in [4.69, 9.17) is 9.15 Å². The molecular formula is C28H22N4O6. The number of allylic oxidation sites excluding steroid dienone is 1. The summed E-state index contributed by atoms with van der Waals surface area (Å²) in [5.41, 5.74) is 1.76. The highest BCUT2D eigenvalue weighted by molar-refractivity contribution is 6.05. The number of nitro benzene ring substituents is 1. The summed E-state index contributed by atoms with van der Waals surface area (Å²) < 4.78 is 12.3. The molecule has 0 radical (unpaired) electrons. The first-order valence-corrected chi connectivity index (χ1v) is 11.6. The zero-order chi connectivity index (χ0) is 26.8. The highest BCUT2D eigenvalue weighted by atomic mass is 16.6. The number of nitro groups is 1. The number of amides is 1. The molecule has 4 aromatic rings. The Hall–Kier alpha value is -5.25. The summed E-state index contributed by atoms with van der Waals surface area (Å²) in [6.45, 7) is 1.65. The standard InChI is InChI=1S/C28H22N4O6/c1-17-24(26(33)30-20-6-4-3-5-7-20)25(19-10-12-21(13-11-19)32(35)36)31-27(34)23(38-28(31)29-17)16-18-8-14-22(37-2)15-9-18/h3-16,25H,1-2H3,(H,30,33)/b23-16-. The van der Waals surface area contributed by atoms with E-state index in [0.717, 1.165) is 0 Å². The van der Waals surface area contributed by atoms with Gasteiger partial charge in [0.1, 0.15) is 5.75 Å². The van der Waals surface area contributed by atoms with Crippen LogP contribution < -0.4 is 26.7 Å². The summed E-state index contributed by atoms with van der Waals surface area (Å²) in [6, 6.07) is 20.7. The number of para-hydroxylation sites is 1. The van der Waals surface area contributed by atoms with Crippen LogP contribution in [0.15, 0.2) is 104 Å². The molecule has 0 aliphatic carbocycles. The zero-order valence-corrected chi connectivity index (χ0v) is 20.5. The summed E-state index contributed by atoms with van der Waals surface area (Å²) in [6.07, 6.45) is 1.58. The molecular weight excluding hydrogens is 488 g/mol. The summed E-state index contributed by atoms with van der Waals surface area (Å²) in [5, 5.41) is 14.1. The Bertz CT molecular complexity index is 1730. The number of anilines is 1. The average molecular weight is 511 g/mol. The minimum atomic E-state index is -0.929. The molecule has 190 valence electrons. The number of nitrogens with one attached hydrogen (secondary N) is 1. The van der Waals surface area contributed by atoms with Gasteiger partial charge in [0.25, 0.3) is 17.2 Å². The Balaban J connectivity index is 1.66. The van der Waals surface area contributed by atoms with Gasteiger partial charge < -0.3 is 14.5 Å². The zero-order valence-electron chi connectivity index (χ0n) is 20.5. The van der Waals surface area contributed by atoms with Crippen molar-refractivity contribution in [3.63, 3.8) is 0 Å². The van der Waals surface area contributed by atoms with Gasteiger partial charge in [0, 0.05) is 17.8 Å². The fourth-order valence-electron chi connectivity index (χ4n) is 4.28. The number of benzene rings is 3. The summed E-state index contributed by atoms with van der Waals surface area (Å²) in [5.74, 6) is 0.208. The molecule has 1 unspecified atom stereocenters. The molecule has 0 spiro atoms. The lowest BCUT2D eigenvalue weighted by Crippen LogP contribution is -2.40. The second-order valence-corrected chi connectivity index (χ2v) is 8.52. The van der Waals surface area contributed by atoms with Crippen molar-refractivity contribution in [3.8, 4) is 5.75 Å². The fraction of sp³-hybridized carbons (Fsp3) is 0.107. The van der Waals surface area contributed by atoms with Crippen molar-refractivity contribution in [2.75, 3.05) is 12.4 Å². The van der Waals surface area contributed by atoms with Gasteiger partial charge in [-0.05, 0) is 60.5 Å². The molecule has 3 aromatic carbocycles. The van der Waals surface area contributed by atoms with Gasteiger partial charge in [-0.1, -0.05) is 30.3 Å². The number of rotatable bonds is 6. The highest BCUT2D eigenvalue weighted by Crippen LogP contribution is 2.31. The van der Waals surface area contributed by atoms with E-state index in [0.29, 0.717) is 28.3 Å². The molecule has 38 heavy (non-hydrogen) atoms. The van der Waals surface area contributed by atoms with E-state index in [2.05, 4.69) is 10.3 Å². The lowest BCUT2D eigenvalue weighted by molar-refractivity contribution is -0.384. The third-order valence-corrected chi connectivity index (χ3v) is 6.13. The molecule has 1 N–H and O–H groups in total. The van der Waals surface area contributed by atoms with Crippen LogP contribution in [0, 0.1) is 10.1 Å². The van der Waals surface area contributed by atoms with Gasteiger partial charge in [-0.3, -0.25) is 19.7 Å². The summed E-state index contributed by atoms with van der Waals surface area (Å²) >= 11 is 0. The number of hydrogen-bond acceptors (Lipinski definition) is 7. The Morgan fingerprint density at radius 2 is 1.76 bits per heavy atom. The summed E-state index contributed by atoms with van der Waals surface area (Å²) in [4.78, 5) is 42.3. The van der Waals surface area contributed by atoms with Gasteiger partial charge in [0.15, 0.2) is 5.42 Å². The lowest BCUT2D eigenvalue weighted by atomic mass is 9.95. The van der Waals surface area contributed by atoms with Crippen molar-refractivity contribution in [2.24, 2.45) is 4.99 Å². The predicted molar refractivity (Wildman–Crippen MR) is 139 cm³/mol. The third kappa shape index (κ3) is 4.62. The lowest BCUT2D eigenvalue weighted by Gasteiger charge is -2.24. The van der Waals surface area contributed by atoms with Gasteiger partial charge >= 0.3 is 5.68 Å². The largest absolute Gasteiger partial charge is 0.497 e. The van der Waals surface area contributed by atoms with Crippen molar-refractivity contribution in [1.29, 1.82) is 0 Å². The predicted octanol–water partition coefficient (Wildman–Crippen LogP) is 3.32. The van der Waals surface area contributed by atoms with Gasteiger partial charge in [-0.25, -0.2) is 9.56 Å². The second-order valence-electron chi connectivity index (χ2n) is 8.52. The Morgan fingerprint density at radius 3 is 2.39 bits per heavy atom. The number of non-ortho nitro benzene ring substituents is 1. The molecule has 0 saturated heterocycles. The average Bonchev–Trinajstić information content (AvgIpc) is 3.22. The number of carbonyl (C=O) groups is 1. The smallest absolute Gasteiger partial charge is 0.306 e. The molecule has 2 heterocycles. The molecule has 0 saturated carbocycles. The number of carbonyl (C=O) groups excluding carboxylic acids is 1. The number of fused-ring (bicyclic) bond motifs is 1. The normalized spacial score (nSPS) is 15.0. The van der Waals surface area contributed by atoms with Crippen molar-refractivity contribution < 1.29 is 18.9 Å². The van der Waals surface area contributed by atoms with E-state index in [1.54, 1.807) is 68.6 Å². The molecule has 1 atom stereocenters. The van der Waals surface area contributed by atoms with Gasteiger partial charge in [0.05, 0.1) is 29.3 Å². The molecule has 1 amide bonds. The van der Waals surface area contributed by atoms with E-state index in [1.807, 2.05) is 6.07 Å². The highest BCUT2D eigenvalue weighted by Gasteiger charge is 2.33. The van der Waals surface area contributed by atoms with E-state index in [-0.39, 0.29) is 22.4 Å². The van der Waals surface area contributed by atoms with Crippen LogP contribution >= 0.6 is 0 Å². The van der Waals surface area contributed by atoms with Crippen molar-refractivity contribution in [2.45, 2.75) is 13.0 Å². The molecule has 0 fully saturated rings. The maximum absolute atomic E-state index is 13.6. The first-order valence-electron chi connectivity index (χ1n) is 11.6. The Labute approximate surface area is 216 Å². The van der Waals surface area contributed by atoms with Crippen LogP contribution in [0.25, 0.3) is 6.08 Å². The quantitative estimate of drug-likeness (QED) is 0.313. The van der Waals surface area contributed by atoms with Crippen LogP contribution in [0.5, 0.6) is 5.75 Å². The van der Waals surface area contributed by atoms with E-state index >= 15 is 0 Å². The molecule has 1 aliphatic rings. The summed E-state index contributed by atoms with van der Waals surface area (Å²) in [7, 11) is 1.56. The van der Waals surface area contributed by atoms with Crippen LogP contribution in [0.1, 0.15) is 24.1 Å². The minimum absolute atomic E-state index is 0.0203. The van der Waals surface area contributed by atoms with Crippen molar-refractivity contribution in [1.82, 2.24) is 4.57 Å². The van der Waals surface area contributed by atoms with Crippen LogP contribution in [0.3, 0.4) is 0 Å². The van der Waals surface area contributed by atoms with Crippen molar-refractivity contribution in [3.05, 3.63) is 133 Å². The topological polar surface area (TPSA) is 129 Å². The SMILES string of the molecule is COc1ccc(/C=c2\oc3n(c2=O)C(c2ccc([N+](=O)[O-])cc2)C(C(=O)Nc2ccccc2)=C(C)N=3)cc1. The molecule has 0 bridgehead atoms. The number of nitrogens with zero attached hydrogens (tertiary/aromatic N) is 3. The number of hydrogen-bond donors (Lipinski definition) is 1. The first kappa shape index (κ1) is 24.4. The maximum atomic E-state index is 13.6. The van der Waals surface area contributed by atoms with Gasteiger partial charge in [-0.2, -0.15) is 0 Å².